The number of nitrogens with one attached hydrogen (secondary N) is 1. The van der Waals surface area contributed by atoms with Gasteiger partial charge < -0.3 is 20.5 Å². The molecule has 17 heavy (non-hydrogen) atoms. The van der Waals surface area contributed by atoms with Crippen LogP contribution in [0, 0.1) is 0 Å². The van der Waals surface area contributed by atoms with E-state index in [0.29, 0.717) is 19.2 Å². The average molecular weight is 260 g/mol. The first-order chi connectivity index (χ1) is 8.20. The summed E-state index contributed by atoms with van der Waals surface area (Å²) in [7, 11) is 0. The molecule has 0 radical (unpaired) electrons. The number of nitrogens with two attached hydrogens (primary N) is 1. The molecule has 6 heteroatoms. The number of ether oxygens (including phenoxy) is 2. The Morgan fingerprint density at radius 1 is 1.65 bits per heavy atom. The minimum Gasteiger partial charge on any atom is -0.448 e. The molecule has 0 aromatic rings. The zero-order valence-electron chi connectivity index (χ0n) is 9.94. The van der Waals surface area contributed by atoms with Gasteiger partial charge in [0.1, 0.15) is 6.61 Å². The maximum atomic E-state index is 10.4. The lowest BCUT2D eigenvalue weighted by molar-refractivity contribution is -0.0703. The maximum Gasteiger partial charge on any atom is 0.404 e. The third kappa shape index (κ3) is 3.76. The predicted molar refractivity (Wildman–Crippen MR) is 67.2 cm³/mol. The first-order valence-corrected chi connectivity index (χ1v) is 7.23. The van der Waals surface area contributed by atoms with Crippen LogP contribution in [0.4, 0.5) is 4.79 Å². The fourth-order valence-electron chi connectivity index (χ4n) is 2.48. The van der Waals surface area contributed by atoms with Crippen LogP contribution in [-0.2, 0) is 9.47 Å². The van der Waals surface area contributed by atoms with Crippen molar-refractivity contribution in [2.75, 3.05) is 31.3 Å². The van der Waals surface area contributed by atoms with Crippen LogP contribution < -0.4 is 11.1 Å². The lowest BCUT2D eigenvalue weighted by Crippen LogP contribution is -2.47. The van der Waals surface area contributed by atoms with E-state index in [-0.39, 0.29) is 5.60 Å². The molecular weight excluding hydrogens is 240 g/mol. The fraction of sp³-hybridized carbons (Fsp3) is 0.909. The van der Waals surface area contributed by atoms with Crippen molar-refractivity contribution in [3.8, 4) is 0 Å². The smallest absolute Gasteiger partial charge is 0.404 e. The van der Waals surface area contributed by atoms with Gasteiger partial charge in [0.2, 0.25) is 0 Å². The van der Waals surface area contributed by atoms with E-state index in [0.717, 1.165) is 31.6 Å². The molecule has 5 nitrogen and oxygen atoms in total. The highest BCUT2D eigenvalue weighted by Crippen LogP contribution is 2.38. The molecule has 98 valence electrons. The lowest BCUT2D eigenvalue weighted by atomic mass is 9.90. The number of rotatable bonds is 4. The van der Waals surface area contributed by atoms with Crippen LogP contribution >= 0.6 is 11.8 Å². The van der Waals surface area contributed by atoms with E-state index >= 15 is 0 Å². The molecule has 0 aromatic heterocycles. The summed E-state index contributed by atoms with van der Waals surface area (Å²) < 4.78 is 10.6. The van der Waals surface area contributed by atoms with Crippen molar-refractivity contribution in [1.82, 2.24) is 5.32 Å². The Labute approximate surface area is 106 Å². The van der Waals surface area contributed by atoms with Gasteiger partial charge in [-0.15, -0.1) is 0 Å². The van der Waals surface area contributed by atoms with Gasteiger partial charge in [0.15, 0.2) is 0 Å². The summed E-state index contributed by atoms with van der Waals surface area (Å²) in [6.07, 6.45) is 2.55. The Kier molecular flexibility index (Phi) is 4.53. The number of carbonyl (C=O) groups excluding carboxylic acids is 1. The van der Waals surface area contributed by atoms with E-state index in [1.807, 2.05) is 11.8 Å². The third-order valence-corrected chi connectivity index (χ3v) is 4.56. The quantitative estimate of drug-likeness (QED) is 0.729. The van der Waals surface area contributed by atoms with Crippen LogP contribution in [0.25, 0.3) is 0 Å². The van der Waals surface area contributed by atoms with Gasteiger partial charge in [-0.1, -0.05) is 0 Å². The van der Waals surface area contributed by atoms with Crippen LogP contribution in [-0.4, -0.2) is 49.0 Å². The molecule has 1 amide bonds. The fourth-order valence-corrected chi connectivity index (χ4v) is 3.86. The monoisotopic (exact) mass is 260 g/mol. The van der Waals surface area contributed by atoms with Gasteiger partial charge >= 0.3 is 6.09 Å². The topological polar surface area (TPSA) is 73.6 Å². The highest BCUT2D eigenvalue weighted by atomic mass is 32.2. The van der Waals surface area contributed by atoms with Crippen molar-refractivity contribution < 1.29 is 14.3 Å². The van der Waals surface area contributed by atoms with Gasteiger partial charge in [-0.05, 0) is 25.0 Å². The maximum absolute atomic E-state index is 10.4. The third-order valence-electron chi connectivity index (χ3n) is 3.34. The molecule has 2 atom stereocenters. The SMILES string of the molecule is NC(=O)OCCNC1CCOC2(CCSC2)C1. The number of carbonyl (C=O) groups is 1. The van der Waals surface area contributed by atoms with E-state index in [2.05, 4.69) is 5.32 Å². The molecule has 0 saturated carbocycles. The molecule has 2 fully saturated rings. The molecule has 2 saturated heterocycles. The molecule has 2 rings (SSSR count). The van der Waals surface area contributed by atoms with Crippen LogP contribution in [0.15, 0.2) is 0 Å². The van der Waals surface area contributed by atoms with Gasteiger partial charge in [-0.3, -0.25) is 0 Å². The average Bonchev–Trinajstić information content (AvgIpc) is 2.73. The van der Waals surface area contributed by atoms with E-state index in [9.17, 15) is 4.79 Å². The molecule has 0 aliphatic carbocycles. The van der Waals surface area contributed by atoms with Crippen molar-refractivity contribution in [2.45, 2.75) is 30.9 Å². The molecule has 2 aliphatic rings. The van der Waals surface area contributed by atoms with Gasteiger partial charge in [-0.2, -0.15) is 11.8 Å². The van der Waals surface area contributed by atoms with Gasteiger partial charge in [0, 0.05) is 24.9 Å². The Balaban J connectivity index is 1.68. The highest BCUT2D eigenvalue weighted by molar-refractivity contribution is 7.99. The summed E-state index contributed by atoms with van der Waals surface area (Å²) in [6.45, 7) is 1.83. The van der Waals surface area contributed by atoms with E-state index in [1.165, 1.54) is 5.75 Å². The van der Waals surface area contributed by atoms with Gasteiger partial charge in [-0.25, -0.2) is 4.79 Å². The minimum atomic E-state index is -0.706. The van der Waals surface area contributed by atoms with Gasteiger partial charge in [0.25, 0.3) is 0 Å². The summed E-state index contributed by atoms with van der Waals surface area (Å²) in [5.41, 5.74) is 5.00. The highest BCUT2D eigenvalue weighted by Gasteiger charge is 2.40. The normalized spacial score (nSPS) is 32.8. The number of thioether (sulfide) groups is 1. The number of hydrogen-bond acceptors (Lipinski definition) is 5. The summed E-state index contributed by atoms with van der Waals surface area (Å²) in [5, 5.41) is 3.41. The Bertz CT molecular complexity index is 269. The Hall–Kier alpha value is -0.460. The standard InChI is InChI=1S/C11H20N2O3S/c12-10(14)15-5-3-13-9-1-4-16-11(7-9)2-6-17-8-11/h9,13H,1-8H2,(H2,12,14). The van der Waals surface area contributed by atoms with Crippen LogP contribution in [0.1, 0.15) is 19.3 Å². The van der Waals surface area contributed by atoms with Crippen LogP contribution in [0.2, 0.25) is 0 Å². The Morgan fingerprint density at radius 2 is 2.53 bits per heavy atom. The molecule has 0 aromatic carbocycles. The number of hydrogen-bond donors (Lipinski definition) is 2. The lowest BCUT2D eigenvalue weighted by Gasteiger charge is -2.38. The molecule has 2 unspecified atom stereocenters. The minimum absolute atomic E-state index is 0.102. The Morgan fingerprint density at radius 3 is 3.24 bits per heavy atom. The van der Waals surface area contributed by atoms with Crippen LogP contribution in [0.5, 0.6) is 0 Å². The van der Waals surface area contributed by atoms with Crippen molar-refractivity contribution in [1.29, 1.82) is 0 Å². The van der Waals surface area contributed by atoms with Crippen molar-refractivity contribution >= 4 is 17.9 Å². The summed E-state index contributed by atoms with van der Waals surface area (Å²) in [4.78, 5) is 10.4. The first kappa shape index (κ1) is 13.0. The molecule has 2 aliphatic heterocycles. The van der Waals surface area contributed by atoms with E-state index in [4.69, 9.17) is 15.2 Å². The first-order valence-electron chi connectivity index (χ1n) is 6.08. The second kappa shape index (κ2) is 5.93. The van der Waals surface area contributed by atoms with Crippen molar-refractivity contribution in [3.05, 3.63) is 0 Å². The van der Waals surface area contributed by atoms with Crippen molar-refractivity contribution in [3.63, 3.8) is 0 Å². The predicted octanol–water partition coefficient (Wildman–Crippen LogP) is 0.726. The molecule has 2 heterocycles. The van der Waals surface area contributed by atoms with E-state index in [1.54, 1.807) is 0 Å². The van der Waals surface area contributed by atoms with Crippen LogP contribution in [0.3, 0.4) is 0 Å². The van der Waals surface area contributed by atoms with E-state index < -0.39 is 6.09 Å². The zero-order chi connectivity index (χ0) is 12.1. The largest absolute Gasteiger partial charge is 0.448 e. The summed E-state index contributed by atoms with van der Waals surface area (Å²) >= 11 is 1.98. The molecule has 1 spiro atoms. The number of amides is 1. The molecule has 3 N–H and O–H groups in total. The molecular formula is C11H20N2O3S. The second-order valence-electron chi connectivity index (χ2n) is 4.65. The second-order valence-corrected chi connectivity index (χ2v) is 5.75. The zero-order valence-corrected chi connectivity index (χ0v) is 10.8. The van der Waals surface area contributed by atoms with Gasteiger partial charge in [0.05, 0.1) is 5.60 Å². The molecule has 0 bridgehead atoms. The number of primary amides is 1. The van der Waals surface area contributed by atoms with Crippen molar-refractivity contribution in [2.24, 2.45) is 5.73 Å². The summed E-state index contributed by atoms with van der Waals surface area (Å²) in [6, 6.07) is 0.471. The summed E-state index contributed by atoms with van der Waals surface area (Å²) in [5.74, 6) is 2.32.